The fourth-order valence-corrected chi connectivity index (χ4v) is 3.02. The molecule has 2 atom stereocenters. The van der Waals surface area contributed by atoms with Gasteiger partial charge in [0, 0.05) is 15.2 Å². The first kappa shape index (κ1) is 14.7. The molecule has 19 heavy (non-hydrogen) atoms. The summed E-state index contributed by atoms with van der Waals surface area (Å²) in [7, 11) is 0. The number of carbonyl (C=O) groups excluding carboxylic acids is 1. The Morgan fingerprint density at radius 1 is 1.53 bits per heavy atom. The van der Waals surface area contributed by atoms with E-state index in [1.54, 1.807) is 0 Å². The molecule has 104 valence electrons. The molecule has 1 aromatic carbocycles. The van der Waals surface area contributed by atoms with Crippen LogP contribution in [0.15, 0.2) is 18.2 Å². The summed E-state index contributed by atoms with van der Waals surface area (Å²) >= 11 is 2.25. The molecule has 2 unspecified atom stereocenters. The molecule has 0 saturated carbocycles. The number of rotatable bonds is 4. The summed E-state index contributed by atoms with van der Waals surface area (Å²) < 4.78 is 1.11. The van der Waals surface area contributed by atoms with Gasteiger partial charge in [0.25, 0.3) is 0 Å². The number of benzene rings is 1. The minimum absolute atomic E-state index is 0.104. The molecule has 2 rings (SSSR count). The van der Waals surface area contributed by atoms with Crippen LogP contribution < -0.4 is 16.4 Å². The van der Waals surface area contributed by atoms with Gasteiger partial charge in [-0.2, -0.15) is 0 Å². The largest absolute Gasteiger partial charge is 0.366 e. The van der Waals surface area contributed by atoms with E-state index in [0.29, 0.717) is 11.7 Å². The van der Waals surface area contributed by atoms with E-state index in [0.717, 1.165) is 22.1 Å². The Morgan fingerprint density at radius 2 is 2.32 bits per heavy atom. The summed E-state index contributed by atoms with van der Waals surface area (Å²) in [5.74, 6) is -0.364. The normalized spacial score (nSPS) is 21.1. The first-order chi connectivity index (χ1) is 9.08. The van der Waals surface area contributed by atoms with Crippen LogP contribution in [-0.4, -0.2) is 18.6 Å². The highest BCUT2D eigenvalue weighted by Gasteiger charge is 2.19. The van der Waals surface area contributed by atoms with Crippen molar-refractivity contribution in [2.75, 3.05) is 6.54 Å². The van der Waals surface area contributed by atoms with Gasteiger partial charge in [-0.05, 0) is 79.1 Å². The van der Waals surface area contributed by atoms with E-state index in [1.165, 1.54) is 12.8 Å². The van der Waals surface area contributed by atoms with Crippen LogP contribution in [0.4, 0.5) is 0 Å². The zero-order valence-electron chi connectivity index (χ0n) is 11.1. The number of amides is 1. The molecular weight excluding hydrogens is 353 g/mol. The monoisotopic (exact) mass is 373 g/mol. The molecule has 1 fully saturated rings. The van der Waals surface area contributed by atoms with Gasteiger partial charge >= 0.3 is 0 Å². The summed E-state index contributed by atoms with van der Waals surface area (Å²) in [5, 5.41) is 6.99. The third-order valence-electron chi connectivity index (χ3n) is 3.51. The van der Waals surface area contributed by atoms with Crippen molar-refractivity contribution in [1.29, 1.82) is 0 Å². The highest BCUT2D eigenvalue weighted by molar-refractivity contribution is 14.1. The van der Waals surface area contributed by atoms with Gasteiger partial charge < -0.3 is 11.1 Å². The van der Waals surface area contributed by atoms with Crippen LogP contribution in [0.1, 0.15) is 48.1 Å². The van der Waals surface area contributed by atoms with Crippen molar-refractivity contribution >= 4 is 28.5 Å². The summed E-state index contributed by atoms with van der Waals surface area (Å²) in [6.45, 7) is 3.13. The van der Waals surface area contributed by atoms with Gasteiger partial charge in [0.1, 0.15) is 0 Å². The molecular formula is C14H20IN3O. The van der Waals surface area contributed by atoms with Crippen molar-refractivity contribution in [2.45, 2.75) is 38.4 Å². The summed E-state index contributed by atoms with van der Waals surface area (Å²) in [5.41, 5.74) is 7.04. The summed E-state index contributed by atoms with van der Waals surface area (Å²) in [4.78, 5) is 11.5. The Hall–Kier alpha value is -0.660. The van der Waals surface area contributed by atoms with E-state index in [9.17, 15) is 4.79 Å². The number of halogens is 1. The lowest BCUT2D eigenvalue weighted by Gasteiger charge is -2.28. The lowest BCUT2D eigenvalue weighted by atomic mass is 10.00. The Balaban J connectivity index is 2.14. The molecule has 4 N–H and O–H groups in total. The van der Waals surface area contributed by atoms with Crippen molar-refractivity contribution in [3.8, 4) is 0 Å². The first-order valence-electron chi connectivity index (χ1n) is 6.66. The zero-order valence-corrected chi connectivity index (χ0v) is 13.2. The Labute approximate surface area is 127 Å². The standard InChI is InChI=1S/C14H20IN3O/c1-9(18-13-4-2-3-7-17-13)12-8-10(15)5-6-11(12)14(16)19/h5-6,8-9,13,17-18H,2-4,7H2,1H3,(H2,16,19). The van der Waals surface area contributed by atoms with Gasteiger partial charge in [-0.1, -0.05) is 0 Å². The Morgan fingerprint density at radius 3 is 2.95 bits per heavy atom. The fraction of sp³-hybridized carbons (Fsp3) is 0.500. The van der Waals surface area contributed by atoms with Crippen molar-refractivity contribution in [3.05, 3.63) is 32.9 Å². The smallest absolute Gasteiger partial charge is 0.249 e. The average molecular weight is 373 g/mol. The summed E-state index contributed by atoms with van der Waals surface area (Å²) in [6, 6.07) is 5.86. The molecule has 1 amide bonds. The van der Waals surface area contributed by atoms with Gasteiger partial charge in [0.2, 0.25) is 5.91 Å². The molecule has 1 heterocycles. The van der Waals surface area contributed by atoms with Crippen molar-refractivity contribution < 1.29 is 4.79 Å². The van der Waals surface area contributed by atoms with Crippen molar-refractivity contribution in [3.63, 3.8) is 0 Å². The van der Waals surface area contributed by atoms with Crippen LogP contribution >= 0.6 is 22.6 Å². The van der Waals surface area contributed by atoms with Crippen LogP contribution in [0.2, 0.25) is 0 Å². The second-order valence-corrected chi connectivity index (χ2v) is 6.23. The molecule has 1 aliphatic rings. The van der Waals surface area contributed by atoms with Crippen LogP contribution in [0.5, 0.6) is 0 Å². The minimum Gasteiger partial charge on any atom is -0.366 e. The maximum absolute atomic E-state index is 11.5. The topological polar surface area (TPSA) is 67.2 Å². The average Bonchev–Trinajstić information content (AvgIpc) is 2.39. The van der Waals surface area contributed by atoms with E-state index < -0.39 is 0 Å². The maximum atomic E-state index is 11.5. The van der Waals surface area contributed by atoms with E-state index >= 15 is 0 Å². The number of piperidine rings is 1. The van der Waals surface area contributed by atoms with E-state index in [-0.39, 0.29) is 11.9 Å². The van der Waals surface area contributed by atoms with Gasteiger partial charge in [0.15, 0.2) is 0 Å². The molecule has 5 heteroatoms. The third-order valence-corrected chi connectivity index (χ3v) is 4.18. The van der Waals surface area contributed by atoms with Crippen LogP contribution in [0, 0.1) is 3.57 Å². The highest BCUT2D eigenvalue weighted by Crippen LogP contribution is 2.22. The maximum Gasteiger partial charge on any atom is 0.249 e. The molecule has 0 radical (unpaired) electrons. The molecule has 1 aromatic rings. The number of hydrogen-bond donors (Lipinski definition) is 3. The Bertz CT molecular complexity index is 458. The molecule has 0 bridgehead atoms. The van der Waals surface area contributed by atoms with Crippen LogP contribution in [-0.2, 0) is 0 Å². The van der Waals surface area contributed by atoms with Crippen molar-refractivity contribution in [2.24, 2.45) is 5.73 Å². The zero-order chi connectivity index (χ0) is 13.8. The second-order valence-electron chi connectivity index (χ2n) is 4.99. The van der Waals surface area contributed by atoms with Gasteiger partial charge in [0.05, 0.1) is 6.17 Å². The van der Waals surface area contributed by atoms with E-state index in [2.05, 4.69) is 40.1 Å². The molecule has 0 spiro atoms. The molecule has 0 aliphatic carbocycles. The van der Waals surface area contributed by atoms with Gasteiger partial charge in [-0.15, -0.1) is 0 Å². The number of nitrogens with two attached hydrogens (primary N) is 1. The summed E-state index contributed by atoms with van der Waals surface area (Å²) in [6.07, 6.45) is 3.93. The van der Waals surface area contributed by atoms with Crippen LogP contribution in [0.25, 0.3) is 0 Å². The number of primary amides is 1. The molecule has 1 saturated heterocycles. The third kappa shape index (κ3) is 3.90. The number of hydrogen-bond acceptors (Lipinski definition) is 3. The van der Waals surface area contributed by atoms with Gasteiger partial charge in [-0.25, -0.2) is 0 Å². The highest BCUT2D eigenvalue weighted by atomic mass is 127. The predicted molar refractivity (Wildman–Crippen MR) is 84.9 cm³/mol. The van der Waals surface area contributed by atoms with E-state index in [1.807, 2.05) is 18.2 Å². The number of carbonyl (C=O) groups is 1. The number of nitrogens with one attached hydrogen (secondary N) is 2. The molecule has 1 aliphatic heterocycles. The Kier molecular flexibility index (Phi) is 5.18. The lowest BCUT2D eigenvalue weighted by Crippen LogP contribution is -2.46. The van der Waals surface area contributed by atoms with E-state index in [4.69, 9.17) is 5.73 Å². The SMILES string of the molecule is CC(NC1CCCCN1)c1cc(I)ccc1C(N)=O. The lowest BCUT2D eigenvalue weighted by molar-refractivity contribution is 0.0998. The molecule has 4 nitrogen and oxygen atoms in total. The molecule has 0 aromatic heterocycles. The first-order valence-corrected chi connectivity index (χ1v) is 7.74. The fourth-order valence-electron chi connectivity index (χ4n) is 2.50. The predicted octanol–water partition coefficient (Wildman–Crippen LogP) is 2.14. The second kappa shape index (κ2) is 6.67. The quantitative estimate of drug-likeness (QED) is 0.709. The van der Waals surface area contributed by atoms with Crippen LogP contribution in [0.3, 0.4) is 0 Å². The van der Waals surface area contributed by atoms with Gasteiger partial charge in [-0.3, -0.25) is 10.1 Å². The minimum atomic E-state index is -0.364. The van der Waals surface area contributed by atoms with Crippen molar-refractivity contribution in [1.82, 2.24) is 10.6 Å².